The van der Waals surface area contributed by atoms with E-state index in [1.54, 1.807) is 25.5 Å². The molecule has 0 heterocycles. The van der Waals surface area contributed by atoms with Crippen molar-refractivity contribution >= 4 is 16.1 Å². The van der Waals surface area contributed by atoms with Crippen molar-refractivity contribution in [2.24, 2.45) is 5.90 Å². The van der Waals surface area contributed by atoms with Crippen LogP contribution in [0.1, 0.15) is 27.2 Å². The molecule has 0 radical (unpaired) electrons. The highest BCUT2D eigenvalue weighted by Crippen LogP contribution is 2.06. The van der Waals surface area contributed by atoms with Crippen molar-refractivity contribution in [3.63, 3.8) is 0 Å². The highest BCUT2D eigenvalue weighted by molar-refractivity contribution is 7.90. The van der Waals surface area contributed by atoms with Crippen molar-refractivity contribution in [2.45, 2.75) is 32.8 Å². The summed E-state index contributed by atoms with van der Waals surface area (Å²) in [6.07, 6.45) is -0.782. The van der Waals surface area contributed by atoms with E-state index in [2.05, 4.69) is 4.84 Å². The molecule has 1 amide bonds. The van der Waals surface area contributed by atoms with Crippen LogP contribution < -0.4 is 10.6 Å². The van der Waals surface area contributed by atoms with E-state index in [-0.39, 0.29) is 18.8 Å². The summed E-state index contributed by atoms with van der Waals surface area (Å²) in [5, 5.41) is 0. The van der Waals surface area contributed by atoms with Gasteiger partial charge in [-0.1, -0.05) is 0 Å². The molecule has 0 aliphatic rings. The van der Waals surface area contributed by atoms with Gasteiger partial charge < -0.3 is 9.57 Å². The van der Waals surface area contributed by atoms with Crippen molar-refractivity contribution < 1.29 is 22.8 Å². The second-order valence-electron chi connectivity index (χ2n) is 4.15. The Morgan fingerprint density at radius 1 is 1.38 bits per heavy atom. The van der Waals surface area contributed by atoms with Gasteiger partial charge in [0.1, 0.15) is 5.60 Å². The second-order valence-corrected chi connectivity index (χ2v) is 5.99. The maximum Gasteiger partial charge on any atom is 0.421 e. The average Bonchev–Trinajstić information content (AvgIpc) is 1.98. The largest absolute Gasteiger partial charge is 0.443 e. The van der Waals surface area contributed by atoms with E-state index in [4.69, 9.17) is 10.6 Å². The van der Waals surface area contributed by atoms with E-state index >= 15 is 0 Å². The minimum Gasteiger partial charge on any atom is -0.443 e. The predicted molar refractivity (Wildman–Crippen MR) is 57.9 cm³/mol. The van der Waals surface area contributed by atoms with Crippen LogP contribution in [0.4, 0.5) is 4.79 Å². The minimum absolute atomic E-state index is 0.106. The quantitative estimate of drug-likeness (QED) is 0.533. The zero-order valence-electron chi connectivity index (χ0n) is 9.65. The van der Waals surface area contributed by atoms with Gasteiger partial charge in [-0.25, -0.2) is 23.8 Å². The molecular weight excluding hydrogens is 236 g/mol. The number of rotatable bonds is 5. The Morgan fingerprint density at radius 3 is 2.38 bits per heavy atom. The molecule has 0 spiro atoms. The molecule has 0 saturated carbocycles. The van der Waals surface area contributed by atoms with Crippen molar-refractivity contribution in [2.75, 3.05) is 12.4 Å². The van der Waals surface area contributed by atoms with Crippen molar-refractivity contribution in [1.29, 1.82) is 0 Å². The standard InChI is InChI=1S/C8H18N2O5S/c1-8(2,3)15-7(11)10-16(12,13)6-4-5-14-9/h4-6,9H2,1-3H3,(H,10,11). The molecule has 0 bridgehead atoms. The van der Waals surface area contributed by atoms with Gasteiger partial charge in [0.2, 0.25) is 10.0 Å². The summed E-state index contributed by atoms with van der Waals surface area (Å²) in [5.41, 5.74) is -0.736. The molecule has 0 aromatic heterocycles. The normalized spacial score (nSPS) is 12.2. The van der Waals surface area contributed by atoms with E-state index < -0.39 is 21.7 Å². The lowest BCUT2D eigenvalue weighted by atomic mass is 10.2. The number of hydrogen-bond acceptors (Lipinski definition) is 6. The van der Waals surface area contributed by atoms with E-state index in [0.29, 0.717) is 0 Å². The first-order valence-electron chi connectivity index (χ1n) is 4.71. The first-order chi connectivity index (χ1) is 7.16. The Morgan fingerprint density at radius 2 is 1.94 bits per heavy atom. The molecule has 96 valence electrons. The van der Waals surface area contributed by atoms with Crippen LogP contribution in [0.15, 0.2) is 0 Å². The van der Waals surface area contributed by atoms with Crippen molar-refractivity contribution in [1.82, 2.24) is 4.72 Å². The third-order valence-electron chi connectivity index (χ3n) is 1.31. The topological polar surface area (TPSA) is 108 Å². The van der Waals surface area contributed by atoms with Crippen LogP contribution in [-0.2, 0) is 19.6 Å². The third kappa shape index (κ3) is 8.45. The molecule has 0 fully saturated rings. The van der Waals surface area contributed by atoms with Gasteiger partial charge in [0.15, 0.2) is 0 Å². The van der Waals surface area contributed by atoms with E-state index in [1.165, 1.54) is 0 Å². The molecule has 8 heteroatoms. The van der Waals surface area contributed by atoms with Crippen molar-refractivity contribution in [3.05, 3.63) is 0 Å². The van der Waals surface area contributed by atoms with Crippen LogP contribution in [-0.4, -0.2) is 32.5 Å². The Balaban J connectivity index is 4.11. The van der Waals surface area contributed by atoms with Crippen molar-refractivity contribution in [3.8, 4) is 0 Å². The van der Waals surface area contributed by atoms with Crippen LogP contribution in [0.25, 0.3) is 0 Å². The van der Waals surface area contributed by atoms with Crippen LogP contribution in [0.5, 0.6) is 0 Å². The summed E-state index contributed by atoms with van der Waals surface area (Å²) in [5.74, 6) is 4.49. The van der Waals surface area contributed by atoms with E-state index in [0.717, 1.165) is 0 Å². The number of nitrogens with one attached hydrogen (secondary N) is 1. The molecule has 0 aliphatic carbocycles. The smallest absolute Gasteiger partial charge is 0.421 e. The first-order valence-corrected chi connectivity index (χ1v) is 6.37. The molecular formula is C8H18N2O5S. The zero-order chi connectivity index (χ0) is 12.8. The lowest BCUT2D eigenvalue weighted by molar-refractivity contribution is 0.0570. The number of ether oxygens (including phenoxy) is 1. The van der Waals surface area contributed by atoms with Gasteiger partial charge >= 0.3 is 6.09 Å². The van der Waals surface area contributed by atoms with Crippen LogP contribution >= 0.6 is 0 Å². The fourth-order valence-electron chi connectivity index (χ4n) is 0.809. The maximum absolute atomic E-state index is 11.3. The maximum atomic E-state index is 11.3. The summed E-state index contributed by atoms with van der Waals surface area (Å²) in [7, 11) is -3.69. The lowest BCUT2D eigenvalue weighted by Crippen LogP contribution is -2.37. The van der Waals surface area contributed by atoms with Gasteiger partial charge in [0.05, 0.1) is 12.4 Å². The van der Waals surface area contributed by atoms with Crippen LogP contribution in [0.2, 0.25) is 0 Å². The molecule has 0 rings (SSSR count). The molecule has 16 heavy (non-hydrogen) atoms. The number of carbonyl (C=O) groups is 1. The molecule has 0 aromatic rings. The SMILES string of the molecule is CC(C)(C)OC(=O)NS(=O)(=O)CCCON. The van der Waals surface area contributed by atoms with E-state index in [9.17, 15) is 13.2 Å². The van der Waals surface area contributed by atoms with Gasteiger partial charge in [-0.15, -0.1) is 0 Å². The highest BCUT2D eigenvalue weighted by Gasteiger charge is 2.20. The van der Waals surface area contributed by atoms with E-state index in [1.807, 2.05) is 0 Å². The fourth-order valence-corrected chi connectivity index (χ4v) is 1.70. The molecule has 0 aliphatic heterocycles. The minimum atomic E-state index is -3.69. The Hall–Kier alpha value is -0.860. The lowest BCUT2D eigenvalue weighted by Gasteiger charge is -2.19. The van der Waals surface area contributed by atoms with Gasteiger partial charge in [-0.05, 0) is 27.2 Å². The average molecular weight is 254 g/mol. The van der Waals surface area contributed by atoms with Crippen LogP contribution in [0, 0.1) is 0 Å². The number of hydrogen-bond donors (Lipinski definition) is 2. The molecule has 0 aromatic carbocycles. The molecule has 0 saturated heterocycles. The predicted octanol–water partition coefficient (Wildman–Crippen LogP) is 0.121. The Labute approximate surface area is 95.3 Å². The number of sulfonamides is 1. The van der Waals surface area contributed by atoms with Crippen LogP contribution in [0.3, 0.4) is 0 Å². The summed E-state index contributed by atoms with van der Waals surface area (Å²) in [6.45, 7) is 5.03. The van der Waals surface area contributed by atoms with Gasteiger partial charge in [-0.3, -0.25) is 0 Å². The highest BCUT2D eigenvalue weighted by atomic mass is 32.2. The zero-order valence-corrected chi connectivity index (χ0v) is 10.5. The molecule has 0 unspecified atom stereocenters. The number of carbonyl (C=O) groups excluding carboxylic acids is 1. The molecule has 3 N–H and O–H groups in total. The number of nitrogens with two attached hydrogens (primary N) is 1. The summed E-state index contributed by atoms with van der Waals surface area (Å²) >= 11 is 0. The second kappa shape index (κ2) is 6.02. The van der Waals surface area contributed by atoms with Gasteiger partial charge in [0.25, 0.3) is 0 Å². The summed E-state index contributed by atoms with van der Waals surface area (Å²) < 4.78 is 29.2. The van der Waals surface area contributed by atoms with Gasteiger partial charge in [-0.2, -0.15) is 0 Å². The third-order valence-corrected chi connectivity index (χ3v) is 2.62. The fraction of sp³-hybridized carbons (Fsp3) is 0.875. The first kappa shape index (κ1) is 15.1. The molecule has 7 nitrogen and oxygen atoms in total. The summed E-state index contributed by atoms with van der Waals surface area (Å²) in [6, 6.07) is 0. The molecule has 0 atom stereocenters. The monoisotopic (exact) mass is 254 g/mol. The summed E-state index contributed by atoms with van der Waals surface area (Å²) in [4.78, 5) is 15.4. The Kier molecular flexibility index (Phi) is 5.70. The van der Waals surface area contributed by atoms with Gasteiger partial charge in [0, 0.05) is 0 Å². The Bertz CT molecular complexity index is 320. The number of amides is 1.